The number of hydrogen-bond donors (Lipinski definition) is 0. The minimum absolute atomic E-state index is 0. The van der Waals surface area contributed by atoms with E-state index in [1.807, 2.05) is 17.3 Å². The molecule has 0 saturated heterocycles. The molecule has 0 bridgehead atoms. The average Bonchev–Trinajstić information content (AvgIpc) is 1.00. The molecule has 0 heterocycles. The van der Waals surface area contributed by atoms with Crippen molar-refractivity contribution in [2.75, 3.05) is 0 Å². The van der Waals surface area contributed by atoms with Crippen LogP contribution in [0.1, 0.15) is 0 Å². The van der Waals surface area contributed by atoms with Crippen LogP contribution in [0.5, 0.6) is 0 Å². The van der Waals surface area contributed by atoms with E-state index in [2.05, 4.69) is 9.69 Å². The molecule has 4 N–H and O–H groups in total. The third-order valence-corrected chi connectivity index (χ3v) is 0. The summed E-state index contributed by atoms with van der Waals surface area (Å²) in [6.07, 6.45) is 0. The quantitative estimate of drug-likeness (QED) is 0.457. The van der Waals surface area contributed by atoms with Gasteiger partial charge in [0.25, 0.3) is 0 Å². The molecule has 0 aromatic carbocycles. The fourth-order valence-corrected chi connectivity index (χ4v) is 0. The molecule has 0 aromatic heterocycles. The summed E-state index contributed by atoms with van der Waals surface area (Å²) in [5.74, 6) is 0. The van der Waals surface area contributed by atoms with Crippen LogP contribution in [0, 0.1) is 0 Å². The average molecular weight is 237 g/mol. The molecular formula is H10ClN2P2Ru. The van der Waals surface area contributed by atoms with Crippen LogP contribution in [-0.2, 0) is 17.3 Å². The van der Waals surface area contributed by atoms with Crippen LogP contribution >= 0.6 is 29.5 Å². The molecule has 0 radical (unpaired) electrons. The first kappa shape index (κ1) is 47.5. The molecule has 45 valence electrons. The van der Waals surface area contributed by atoms with Gasteiger partial charge in [-0.3, -0.25) is 0 Å². The number of nitrogens with two attached hydrogens (primary N) is 2. The minimum atomic E-state index is 0. The summed E-state index contributed by atoms with van der Waals surface area (Å²) in [6, 6.07) is 0. The summed E-state index contributed by atoms with van der Waals surface area (Å²) in [6.45, 7) is 0. The maximum atomic E-state index is 4.57. The standard InChI is InChI=1S/ClH.2H2N.2H3P.Ru/h1H;2*1H2;2*1H3;/q;2*-1;;;+3/p-1. The van der Waals surface area contributed by atoms with Crippen LogP contribution in [0.3, 0.4) is 0 Å². The van der Waals surface area contributed by atoms with Crippen molar-refractivity contribution in [1.29, 1.82) is 0 Å². The minimum Gasteiger partial charge on any atom is -0.693 e. The van der Waals surface area contributed by atoms with E-state index in [1.165, 1.54) is 0 Å². The van der Waals surface area contributed by atoms with Crippen LogP contribution in [0.25, 0.3) is 12.3 Å². The van der Waals surface area contributed by atoms with Crippen molar-refractivity contribution in [2.45, 2.75) is 0 Å². The van der Waals surface area contributed by atoms with Crippen LogP contribution < -0.4 is 0 Å². The van der Waals surface area contributed by atoms with Gasteiger partial charge in [-0.2, -0.15) is 19.8 Å². The first-order valence-corrected chi connectivity index (χ1v) is 2.37. The summed E-state index contributed by atoms with van der Waals surface area (Å²) in [5.41, 5.74) is 0. The molecule has 0 aliphatic heterocycles. The van der Waals surface area contributed by atoms with Crippen molar-refractivity contribution in [1.82, 2.24) is 0 Å². The van der Waals surface area contributed by atoms with Gasteiger partial charge in [-0.05, 0) is 0 Å². The van der Waals surface area contributed by atoms with Crippen LogP contribution in [0.15, 0.2) is 0 Å². The molecular weight excluding hydrogens is 226 g/mol. The number of rotatable bonds is 0. The second kappa shape index (κ2) is 75.7. The van der Waals surface area contributed by atoms with E-state index in [0.29, 0.717) is 0 Å². The van der Waals surface area contributed by atoms with Crippen molar-refractivity contribution in [2.24, 2.45) is 0 Å². The Hall–Kier alpha value is 1.69. The van der Waals surface area contributed by atoms with Crippen molar-refractivity contribution in [3.05, 3.63) is 12.3 Å². The Kier molecular flexibility index (Phi) is 599. The van der Waals surface area contributed by atoms with Gasteiger partial charge in [0, 0.05) is 0 Å². The maximum Gasteiger partial charge on any atom is -0.693 e. The van der Waals surface area contributed by atoms with E-state index >= 15 is 0 Å². The van der Waals surface area contributed by atoms with Gasteiger partial charge >= 0.3 is 27.0 Å². The normalized spacial score (nSPS) is 0.833. The molecule has 0 aliphatic carbocycles. The number of hydrogen-bond acceptors (Lipinski definition) is 0. The predicted molar refractivity (Wildman–Crippen MR) is 38.6 cm³/mol. The third kappa shape index (κ3) is 43.7. The summed E-state index contributed by atoms with van der Waals surface area (Å²) in [5, 5.41) is 0. The molecule has 2 nitrogen and oxygen atoms in total. The Balaban J connectivity index is -0.000000000833. The Morgan fingerprint density at radius 1 is 0.833 bits per heavy atom. The molecule has 0 saturated carbocycles. The molecule has 2 atom stereocenters. The fraction of sp³-hybridized carbons (Fsp3) is 0. The zero-order valence-corrected chi connectivity index (χ0v) is 8.62. The van der Waals surface area contributed by atoms with E-state index in [0.717, 1.165) is 0 Å². The van der Waals surface area contributed by atoms with Crippen molar-refractivity contribution < 1.29 is 17.3 Å². The third-order valence-electron chi connectivity index (χ3n) is 0. The molecule has 0 fully saturated rings. The van der Waals surface area contributed by atoms with Crippen molar-refractivity contribution >= 4 is 29.5 Å². The summed E-state index contributed by atoms with van der Waals surface area (Å²) < 4.78 is 0. The fourth-order valence-electron chi connectivity index (χ4n) is 0. The van der Waals surface area contributed by atoms with Gasteiger partial charge < -0.3 is 12.3 Å². The van der Waals surface area contributed by atoms with E-state index in [-0.39, 0.29) is 32.1 Å². The van der Waals surface area contributed by atoms with Gasteiger partial charge in [-0.1, -0.05) is 0 Å². The van der Waals surface area contributed by atoms with Crippen molar-refractivity contribution in [3.63, 3.8) is 0 Å². The Morgan fingerprint density at radius 3 is 0.833 bits per heavy atom. The van der Waals surface area contributed by atoms with Gasteiger partial charge in [0.1, 0.15) is 0 Å². The number of halogens is 1. The molecule has 0 rings (SSSR count). The van der Waals surface area contributed by atoms with Gasteiger partial charge in [0.05, 0.1) is 0 Å². The molecule has 6 heteroatoms. The molecule has 0 aromatic rings. The second-order valence-electron chi connectivity index (χ2n) is 0. The smallest absolute Gasteiger partial charge is 0.693 e. The van der Waals surface area contributed by atoms with E-state index in [4.69, 9.17) is 0 Å². The SMILES string of the molecule is P.P.[Cl][Ru+2].[NH2-].[NH2-]. The maximum absolute atomic E-state index is 4.57. The Bertz CT molecular complexity index is 11.5. The zero-order valence-electron chi connectivity index (χ0n) is 3.30. The Morgan fingerprint density at radius 2 is 0.833 bits per heavy atom. The topological polar surface area (TPSA) is 67.0 Å². The largest absolute Gasteiger partial charge is 0.693 e. The summed E-state index contributed by atoms with van der Waals surface area (Å²) in [4.78, 5) is 0. The second-order valence-corrected chi connectivity index (χ2v) is 0. The molecule has 6 heavy (non-hydrogen) atoms. The van der Waals surface area contributed by atoms with Gasteiger partial charge in [0.15, 0.2) is 0 Å². The van der Waals surface area contributed by atoms with Crippen LogP contribution in [-0.4, -0.2) is 0 Å². The van der Waals surface area contributed by atoms with E-state index in [1.54, 1.807) is 0 Å². The van der Waals surface area contributed by atoms with Crippen molar-refractivity contribution in [3.8, 4) is 0 Å². The first-order valence-electron chi connectivity index (χ1n) is 0.134. The van der Waals surface area contributed by atoms with Gasteiger partial charge in [-0.15, -0.1) is 0 Å². The van der Waals surface area contributed by atoms with Gasteiger partial charge in [0.2, 0.25) is 0 Å². The van der Waals surface area contributed by atoms with Gasteiger partial charge in [-0.25, -0.2) is 0 Å². The van der Waals surface area contributed by atoms with E-state index in [9.17, 15) is 0 Å². The van der Waals surface area contributed by atoms with Crippen LogP contribution in [0.4, 0.5) is 0 Å². The molecule has 0 spiro atoms. The van der Waals surface area contributed by atoms with E-state index < -0.39 is 0 Å². The molecule has 2 unspecified atom stereocenters. The monoisotopic (exact) mass is 237 g/mol. The van der Waals surface area contributed by atoms with Crippen LogP contribution in [0.2, 0.25) is 0 Å². The summed E-state index contributed by atoms with van der Waals surface area (Å²) >= 11 is 1.82. The molecule has 0 amide bonds. The Labute approximate surface area is 59.3 Å². The predicted octanol–water partition coefficient (Wildman–Crippen LogP) is 2.24. The molecule has 0 aliphatic rings. The summed E-state index contributed by atoms with van der Waals surface area (Å²) in [7, 11) is 4.57. The zero-order chi connectivity index (χ0) is 2.00. The first-order chi connectivity index (χ1) is 1.00.